The number of nitrogens with zero attached hydrogens (tertiary/aromatic N) is 1. The molecule has 1 aromatic carbocycles. The van der Waals surface area contributed by atoms with Crippen molar-refractivity contribution in [2.45, 2.75) is 67.2 Å². The second-order valence-electron chi connectivity index (χ2n) is 9.45. The first-order valence-electron chi connectivity index (χ1n) is 12.1. The van der Waals surface area contributed by atoms with E-state index in [0.717, 1.165) is 72.6 Å². The van der Waals surface area contributed by atoms with Gasteiger partial charge in [-0.3, -0.25) is 0 Å². The molecule has 0 saturated carbocycles. The van der Waals surface area contributed by atoms with Gasteiger partial charge in [-0.25, -0.2) is 0 Å². The first kappa shape index (κ1) is 25.9. The van der Waals surface area contributed by atoms with Crippen LogP contribution in [0, 0.1) is 18.3 Å². The molecule has 1 heterocycles. The van der Waals surface area contributed by atoms with Crippen molar-refractivity contribution in [1.29, 1.82) is 5.41 Å². The Balaban J connectivity index is 2.65. The fourth-order valence-corrected chi connectivity index (χ4v) is 4.17. The van der Waals surface area contributed by atoms with E-state index in [1.54, 1.807) is 0 Å². The number of benzene rings is 1. The van der Waals surface area contributed by atoms with Gasteiger partial charge in [0, 0.05) is 36.5 Å². The fraction of sp³-hybridized carbons (Fsp3) is 0.483. The Morgan fingerprint density at radius 3 is 2.62 bits per heavy atom. The minimum Gasteiger partial charge on any atom is -0.354 e. The molecule has 0 aliphatic carbocycles. The molecule has 1 aliphatic rings. The van der Waals surface area contributed by atoms with Gasteiger partial charge in [0.2, 0.25) is 0 Å². The summed E-state index contributed by atoms with van der Waals surface area (Å²) in [5.41, 5.74) is 10.3. The Morgan fingerprint density at radius 2 is 2.03 bits per heavy atom. The van der Waals surface area contributed by atoms with Crippen LogP contribution < -0.4 is 5.32 Å². The normalized spacial score (nSPS) is 18.0. The molecular formula is C29H43N3. The summed E-state index contributed by atoms with van der Waals surface area (Å²) in [7, 11) is 2.14. The predicted octanol–water partition coefficient (Wildman–Crippen LogP) is 7.06. The van der Waals surface area contributed by atoms with Crippen LogP contribution in [0.15, 0.2) is 59.3 Å². The Hall–Kier alpha value is -2.39. The number of aryl methyl sites for hydroxylation is 2. The molecule has 1 aliphatic heterocycles. The largest absolute Gasteiger partial charge is 0.354 e. The van der Waals surface area contributed by atoms with E-state index in [4.69, 9.17) is 5.41 Å². The lowest BCUT2D eigenvalue weighted by atomic mass is 9.92. The molecule has 1 saturated heterocycles. The van der Waals surface area contributed by atoms with Gasteiger partial charge in [-0.2, -0.15) is 0 Å². The number of piperidine rings is 1. The van der Waals surface area contributed by atoms with E-state index < -0.39 is 0 Å². The third kappa shape index (κ3) is 6.56. The molecule has 0 amide bonds. The minimum atomic E-state index is 0.650. The number of hydrogen-bond acceptors (Lipinski definition) is 3. The number of likely N-dealkylation sites (tertiary alicyclic amines) is 1. The molecule has 1 fully saturated rings. The highest BCUT2D eigenvalue weighted by atomic mass is 15.1. The molecule has 0 bridgehead atoms. The topological polar surface area (TPSA) is 39.1 Å². The summed E-state index contributed by atoms with van der Waals surface area (Å²) in [5.74, 6) is 0.650. The maximum absolute atomic E-state index is 8.77. The van der Waals surface area contributed by atoms with Crippen LogP contribution in [0.4, 0.5) is 0 Å². The molecule has 2 rings (SSSR count). The Bertz CT molecular complexity index is 928. The van der Waals surface area contributed by atoms with Gasteiger partial charge < -0.3 is 15.6 Å². The maximum Gasteiger partial charge on any atom is 0.0521 e. The lowest BCUT2D eigenvalue weighted by molar-refractivity contribution is 0.364. The summed E-state index contributed by atoms with van der Waals surface area (Å²) in [5, 5.41) is 12.6. The lowest BCUT2D eigenvalue weighted by Crippen LogP contribution is -2.34. The predicted molar refractivity (Wildman–Crippen MR) is 141 cm³/mol. The lowest BCUT2D eigenvalue weighted by Gasteiger charge is -2.30. The van der Waals surface area contributed by atoms with Crippen molar-refractivity contribution < 1.29 is 0 Å². The summed E-state index contributed by atoms with van der Waals surface area (Å²) in [4.78, 5) is 2.31. The van der Waals surface area contributed by atoms with Crippen molar-refractivity contribution >= 4 is 11.4 Å². The van der Waals surface area contributed by atoms with Crippen LogP contribution in [0.2, 0.25) is 0 Å². The standard InChI is InChI=1S/C29H43N3/c1-9-21(6)28(23(10-2)14-12-20(4)5)31-29(26-19-32(8)17-16-27(26)30)25-15-13-22(7)24(11-3)18-25/h9-10,13,15,18,20,30-31H,1,11-12,14,16-17,19H2,2-8H3/b23-10-,28-21+,29-26-,30-27?. The van der Waals surface area contributed by atoms with Gasteiger partial charge >= 0.3 is 0 Å². The van der Waals surface area contributed by atoms with Gasteiger partial charge in [-0.15, -0.1) is 0 Å². The highest BCUT2D eigenvalue weighted by Crippen LogP contribution is 2.29. The van der Waals surface area contributed by atoms with E-state index in [0.29, 0.717) is 5.92 Å². The maximum atomic E-state index is 8.77. The van der Waals surface area contributed by atoms with Crippen molar-refractivity contribution in [3.63, 3.8) is 0 Å². The van der Waals surface area contributed by atoms with E-state index in [9.17, 15) is 0 Å². The Morgan fingerprint density at radius 1 is 1.31 bits per heavy atom. The Kier molecular flexibility index (Phi) is 9.71. The SMILES string of the molecule is C=C/C(C)=C(N/C(=C1/CN(C)CCC1=N)c1ccc(C)c(CC)c1)\C(=C/C)CCC(C)C. The van der Waals surface area contributed by atoms with E-state index in [-0.39, 0.29) is 0 Å². The van der Waals surface area contributed by atoms with Crippen molar-refractivity contribution in [3.8, 4) is 0 Å². The number of likely N-dealkylation sites (N-methyl/N-ethyl adjacent to an activating group) is 1. The van der Waals surface area contributed by atoms with Crippen LogP contribution in [-0.4, -0.2) is 30.7 Å². The van der Waals surface area contributed by atoms with Crippen molar-refractivity contribution in [2.75, 3.05) is 20.1 Å². The van der Waals surface area contributed by atoms with Gasteiger partial charge in [0.15, 0.2) is 0 Å². The van der Waals surface area contributed by atoms with Gasteiger partial charge in [-0.1, -0.05) is 51.6 Å². The molecule has 3 nitrogen and oxygen atoms in total. The smallest absolute Gasteiger partial charge is 0.0521 e. The molecule has 32 heavy (non-hydrogen) atoms. The molecule has 174 valence electrons. The highest BCUT2D eigenvalue weighted by molar-refractivity contribution is 6.05. The van der Waals surface area contributed by atoms with E-state index in [1.165, 1.54) is 16.7 Å². The summed E-state index contributed by atoms with van der Waals surface area (Å²) in [6, 6.07) is 6.72. The van der Waals surface area contributed by atoms with E-state index in [2.05, 4.69) is 89.7 Å². The van der Waals surface area contributed by atoms with Gasteiger partial charge in [0.25, 0.3) is 0 Å². The van der Waals surface area contributed by atoms with Gasteiger partial charge in [-0.05, 0) is 86.9 Å². The first-order chi connectivity index (χ1) is 15.2. The van der Waals surface area contributed by atoms with Gasteiger partial charge in [0.05, 0.1) is 5.70 Å². The molecule has 2 N–H and O–H groups in total. The number of nitrogens with one attached hydrogen (secondary N) is 2. The molecule has 0 atom stereocenters. The van der Waals surface area contributed by atoms with Gasteiger partial charge in [0.1, 0.15) is 0 Å². The van der Waals surface area contributed by atoms with Crippen molar-refractivity contribution in [1.82, 2.24) is 10.2 Å². The average Bonchev–Trinajstić information content (AvgIpc) is 2.77. The van der Waals surface area contributed by atoms with Crippen LogP contribution in [0.1, 0.15) is 70.6 Å². The van der Waals surface area contributed by atoms with Crippen LogP contribution in [0.5, 0.6) is 0 Å². The molecule has 0 unspecified atom stereocenters. The second-order valence-corrected chi connectivity index (χ2v) is 9.45. The Labute approximate surface area is 196 Å². The van der Waals surface area contributed by atoms with Crippen molar-refractivity contribution in [3.05, 3.63) is 76.0 Å². The van der Waals surface area contributed by atoms with E-state index >= 15 is 0 Å². The highest BCUT2D eigenvalue weighted by Gasteiger charge is 2.23. The third-order valence-corrected chi connectivity index (χ3v) is 6.47. The minimum absolute atomic E-state index is 0.650. The molecule has 3 heteroatoms. The summed E-state index contributed by atoms with van der Waals surface area (Å²) >= 11 is 0. The van der Waals surface area contributed by atoms with Crippen LogP contribution in [-0.2, 0) is 6.42 Å². The van der Waals surface area contributed by atoms with Crippen LogP contribution in [0.25, 0.3) is 5.70 Å². The number of rotatable bonds is 9. The summed E-state index contributed by atoms with van der Waals surface area (Å²) in [6.07, 6.45) is 8.12. The molecule has 1 aromatic rings. The molecule has 0 spiro atoms. The number of hydrogen-bond donors (Lipinski definition) is 2. The quantitative estimate of drug-likeness (QED) is 0.409. The van der Waals surface area contributed by atoms with Crippen LogP contribution >= 0.6 is 0 Å². The second kappa shape index (κ2) is 12.0. The molecular weight excluding hydrogens is 390 g/mol. The monoisotopic (exact) mass is 433 g/mol. The fourth-order valence-electron chi connectivity index (χ4n) is 4.17. The summed E-state index contributed by atoms with van der Waals surface area (Å²) < 4.78 is 0. The number of allylic oxidation sites excluding steroid dienone is 4. The van der Waals surface area contributed by atoms with Crippen LogP contribution in [0.3, 0.4) is 0 Å². The zero-order valence-corrected chi connectivity index (χ0v) is 21.4. The zero-order chi connectivity index (χ0) is 23.8. The molecule has 0 radical (unpaired) electrons. The third-order valence-electron chi connectivity index (χ3n) is 6.47. The average molecular weight is 434 g/mol. The van der Waals surface area contributed by atoms with Crippen molar-refractivity contribution in [2.24, 2.45) is 5.92 Å². The van der Waals surface area contributed by atoms with E-state index in [1.807, 2.05) is 6.08 Å². The molecule has 0 aromatic heterocycles. The summed E-state index contributed by atoms with van der Waals surface area (Å²) in [6.45, 7) is 19.0. The zero-order valence-electron chi connectivity index (χ0n) is 21.4. The first-order valence-corrected chi connectivity index (χ1v) is 12.1.